The number of hydrogen-bond donors (Lipinski definition) is 0. The number of aromatic nitrogens is 1. The highest BCUT2D eigenvalue weighted by Crippen LogP contribution is 2.43. The summed E-state index contributed by atoms with van der Waals surface area (Å²) in [6, 6.07) is 12.7. The van der Waals surface area contributed by atoms with Crippen molar-refractivity contribution in [2.24, 2.45) is 0 Å². The Bertz CT molecular complexity index is 1320. The molecule has 5 rings (SSSR count). The van der Waals surface area contributed by atoms with E-state index in [0.29, 0.717) is 25.5 Å². The van der Waals surface area contributed by atoms with Gasteiger partial charge in [-0.2, -0.15) is 11.8 Å². The van der Waals surface area contributed by atoms with Crippen LogP contribution in [-0.4, -0.2) is 42.8 Å². The lowest BCUT2D eigenvalue weighted by molar-refractivity contribution is -0.143. The topological polar surface area (TPSA) is 66.9 Å². The van der Waals surface area contributed by atoms with Crippen molar-refractivity contribution in [3.8, 4) is 28.5 Å². The Morgan fingerprint density at radius 3 is 2.74 bits per heavy atom. The van der Waals surface area contributed by atoms with Gasteiger partial charge in [0, 0.05) is 23.7 Å². The first-order chi connectivity index (χ1) is 19.0. The summed E-state index contributed by atoms with van der Waals surface area (Å²) >= 11 is 1.85. The van der Waals surface area contributed by atoms with Crippen molar-refractivity contribution in [1.82, 2.24) is 4.98 Å². The molecule has 0 radical (unpaired) electrons. The third-order valence-corrected chi connectivity index (χ3v) is 8.18. The Morgan fingerprint density at radius 1 is 1.15 bits per heavy atom. The number of fused-ring (bicyclic) bond motifs is 2. The maximum atomic E-state index is 11.9. The van der Waals surface area contributed by atoms with Crippen LogP contribution >= 0.6 is 11.8 Å². The molecular formula is C32H37NO5S. The fourth-order valence-electron chi connectivity index (χ4n) is 5.74. The van der Waals surface area contributed by atoms with Crippen molar-refractivity contribution < 1.29 is 23.7 Å². The van der Waals surface area contributed by atoms with Crippen LogP contribution in [0.1, 0.15) is 66.0 Å². The first-order valence-electron chi connectivity index (χ1n) is 13.8. The summed E-state index contributed by atoms with van der Waals surface area (Å²) in [5.41, 5.74) is 8.49. The van der Waals surface area contributed by atoms with E-state index in [1.54, 1.807) is 6.20 Å². The molecule has 2 aromatic carbocycles. The van der Waals surface area contributed by atoms with Gasteiger partial charge in [-0.25, -0.2) is 4.98 Å². The van der Waals surface area contributed by atoms with Crippen LogP contribution < -0.4 is 14.2 Å². The Hall–Kier alpha value is -3.19. The van der Waals surface area contributed by atoms with Crippen molar-refractivity contribution in [3.05, 3.63) is 70.4 Å². The zero-order valence-electron chi connectivity index (χ0n) is 23.2. The summed E-state index contributed by atoms with van der Waals surface area (Å²) in [6.07, 6.45) is 7.03. The lowest BCUT2D eigenvalue weighted by Gasteiger charge is -2.18. The molecule has 2 atom stereocenters. The molecule has 206 valence electrons. The fourth-order valence-corrected chi connectivity index (χ4v) is 6.15. The van der Waals surface area contributed by atoms with E-state index in [0.717, 1.165) is 48.7 Å². The molecule has 1 aliphatic carbocycles. The Balaban J connectivity index is 1.32. The van der Waals surface area contributed by atoms with E-state index in [1.807, 2.05) is 24.8 Å². The zero-order valence-corrected chi connectivity index (χ0v) is 24.1. The van der Waals surface area contributed by atoms with Gasteiger partial charge in [0.1, 0.15) is 17.6 Å². The first kappa shape index (κ1) is 27.4. The minimum Gasteiger partial charge on any atom is -0.494 e. The minimum absolute atomic E-state index is 0.0334. The number of aryl methyl sites for hydroxylation is 2. The number of ether oxygens (including phenoxy) is 4. The Kier molecular flexibility index (Phi) is 8.66. The molecule has 7 heteroatoms. The van der Waals surface area contributed by atoms with Gasteiger partial charge in [-0.1, -0.05) is 18.2 Å². The van der Waals surface area contributed by atoms with Gasteiger partial charge in [0.15, 0.2) is 0 Å². The smallest absolute Gasteiger partial charge is 0.306 e. The number of nitrogens with zero attached hydrogens (tertiary/aromatic N) is 1. The van der Waals surface area contributed by atoms with Crippen LogP contribution in [0.3, 0.4) is 0 Å². The SMILES string of the molecule is CCOC(=O)C[C@@H]1COc2cc(OC3CCc4c(-c5c(C)cc(OCCCSC)cc5C)cccc43)ncc21. The minimum atomic E-state index is -0.212. The van der Waals surface area contributed by atoms with Crippen LogP contribution in [0, 0.1) is 13.8 Å². The molecule has 0 bridgehead atoms. The van der Waals surface area contributed by atoms with Gasteiger partial charge in [0.2, 0.25) is 5.88 Å². The highest BCUT2D eigenvalue weighted by Gasteiger charge is 2.31. The molecule has 1 unspecified atom stereocenters. The summed E-state index contributed by atoms with van der Waals surface area (Å²) in [6.45, 7) is 7.73. The number of benzene rings is 2. The molecule has 0 saturated carbocycles. The third-order valence-electron chi connectivity index (χ3n) is 7.48. The van der Waals surface area contributed by atoms with Crippen LogP contribution in [0.4, 0.5) is 0 Å². The summed E-state index contributed by atoms with van der Waals surface area (Å²) in [4.78, 5) is 16.5. The standard InChI is InChI=1S/C32H37NO5S/c1-5-35-31(34)16-22-19-37-29-17-30(33-18-27(22)29)38-28-11-10-24-25(28)8-6-9-26(24)32-20(2)14-23(15-21(32)3)36-12-7-13-39-4/h6,8-9,14-15,17-18,22,28H,5,7,10-13,16,19H2,1-4H3/t22-,28?/m1/s1. The first-order valence-corrected chi connectivity index (χ1v) is 15.2. The quantitative estimate of drug-likeness (QED) is 0.189. The number of carbonyl (C=O) groups is 1. The largest absolute Gasteiger partial charge is 0.494 e. The van der Waals surface area contributed by atoms with Crippen molar-refractivity contribution in [2.45, 2.75) is 58.5 Å². The van der Waals surface area contributed by atoms with Crippen LogP contribution in [0.15, 0.2) is 42.6 Å². The van der Waals surface area contributed by atoms with Crippen LogP contribution in [0.5, 0.6) is 17.4 Å². The predicted molar refractivity (Wildman–Crippen MR) is 155 cm³/mol. The van der Waals surface area contributed by atoms with Gasteiger partial charge < -0.3 is 18.9 Å². The van der Waals surface area contributed by atoms with Crippen molar-refractivity contribution in [1.29, 1.82) is 0 Å². The lowest BCUT2D eigenvalue weighted by atomic mass is 9.90. The summed E-state index contributed by atoms with van der Waals surface area (Å²) in [7, 11) is 0. The average molecular weight is 548 g/mol. The number of thioether (sulfide) groups is 1. The molecule has 2 aliphatic rings. The summed E-state index contributed by atoms with van der Waals surface area (Å²) in [5.74, 6) is 3.09. The van der Waals surface area contributed by atoms with Crippen LogP contribution in [-0.2, 0) is 16.0 Å². The highest BCUT2D eigenvalue weighted by atomic mass is 32.2. The number of carbonyl (C=O) groups excluding carboxylic acids is 1. The van der Waals surface area contributed by atoms with Gasteiger partial charge in [0.25, 0.3) is 0 Å². The molecule has 2 heterocycles. The van der Waals surface area contributed by atoms with E-state index in [-0.39, 0.29) is 18.0 Å². The van der Waals surface area contributed by atoms with Crippen LogP contribution in [0.2, 0.25) is 0 Å². The van der Waals surface area contributed by atoms with E-state index >= 15 is 0 Å². The second-order valence-corrected chi connectivity index (χ2v) is 11.2. The predicted octanol–water partition coefficient (Wildman–Crippen LogP) is 6.99. The van der Waals surface area contributed by atoms with Gasteiger partial charge in [0.05, 0.1) is 26.2 Å². The highest BCUT2D eigenvalue weighted by molar-refractivity contribution is 7.98. The number of rotatable bonds is 11. The molecule has 0 N–H and O–H groups in total. The van der Waals surface area contributed by atoms with Crippen LogP contribution in [0.25, 0.3) is 11.1 Å². The van der Waals surface area contributed by atoms with Gasteiger partial charge in [-0.05, 0) is 97.6 Å². The molecule has 0 fully saturated rings. The van der Waals surface area contributed by atoms with E-state index in [1.165, 1.54) is 33.4 Å². The molecule has 0 saturated heterocycles. The molecule has 0 amide bonds. The molecule has 1 aromatic heterocycles. The third kappa shape index (κ3) is 6.03. The number of hydrogen-bond acceptors (Lipinski definition) is 7. The molecule has 6 nitrogen and oxygen atoms in total. The van der Waals surface area contributed by atoms with Crippen molar-refractivity contribution in [2.75, 3.05) is 31.8 Å². The lowest BCUT2D eigenvalue weighted by Crippen LogP contribution is -2.11. The number of pyridine rings is 1. The van der Waals surface area contributed by atoms with E-state index in [4.69, 9.17) is 18.9 Å². The second-order valence-electron chi connectivity index (χ2n) is 10.2. The molecule has 39 heavy (non-hydrogen) atoms. The molecular weight excluding hydrogens is 510 g/mol. The van der Waals surface area contributed by atoms with E-state index in [9.17, 15) is 4.79 Å². The van der Waals surface area contributed by atoms with Gasteiger partial charge >= 0.3 is 5.97 Å². The van der Waals surface area contributed by atoms with Crippen molar-refractivity contribution >= 4 is 17.7 Å². The summed E-state index contributed by atoms with van der Waals surface area (Å²) in [5, 5.41) is 0. The van der Waals surface area contributed by atoms with Gasteiger partial charge in [-0.3, -0.25) is 4.79 Å². The average Bonchev–Trinajstić information content (AvgIpc) is 3.51. The normalized spacial score (nSPS) is 17.3. The molecule has 0 spiro atoms. The molecule has 3 aromatic rings. The monoisotopic (exact) mass is 547 g/mol. The van der Waals surface area contributed by atoms with Gasteiger partial charge in [-0.15, -0.1) is 0 Å². The van der Waals surface area contributed by atoms with E-state index in [2.05, 4.69) is 55.4 Å². The Morgan fingerprint density at radius 2 is 1.97 bits per heavy atom. The fraction of sp³-hybridized carbons (Fsp3) is 0.438. The summed E-state index contributed by atoms with van der Waals surface area (Å²) < 4.78 is 23.4. The maximum absolute atomic E-state index is 11.9. The second kappa shape index (κ2) is 12.3. The number of esters is 1. The Labute approximate surface area is 235 Å². The maximum Gasteiger partial charge on any atom is 0.306 e. The molecule has 1 aliphatic heterocycles. The van der Waals surface area contributed by atoms with Crippen molar-refractivity contribution in [3.63, 3.8) is 0 Å². The van der Waals surface area contributed by atoms with E-state index < -0.39 is 0 Å². The zero-order chi connectivity index (χ0) is 27.4.